The van der Waals surface area contributed by atoms with Crippen molar-refractivity contribution in [3.8, 4) is 0 Å². The van der Waals surface area contributed by atoms with Crippen molar-refractivity contribution in [3.05, 3.63) is 58.7 Å². The van der Waals surface area contributed by atoms with Gasteiger partial charge in [0.05, 0.1) is 0 Å². The van der Waals surface area contributed by atoms with Gasteiger partial charge in [-0.15, -0.1) is 0 Å². The number of benzene rings is 2. The van der Waals surface area contributed by atoms with Crippen molar-refractivity contribution in [2.24, 2.45) is 0 Å². The Bertz CT molecular complexity index is 607. The Labute approximate surface area is 206 Å². The van der Waals surface area contributed by atoms with Gasteiger partial charge in [0.25, 0.3) is 0 Å². The fourth-order valence-electron chi connectivity index (χ4n) is 3.62. The number of rotatable bonds is 12. The molecule has 0 atom stereocenters. The van der Waals surface area contributed by atoms with E-state index in [0.717, 1.165) is 51.9 Å². The van der Waals surface area contributed by atoms with Crippen molar-refractivity contribution < 1.29 is 41.9 Å². The number of para-hydroxylation sites is 2. The minimum atomic E-state index is 0. The topological polar surface area (TPSA) is 36.1 Å². The maximum absolute atomic E-state index is 3.65. The molecule has 0 aliphatic rings. The summed E-state index contributed by atoms with van der Waals surface area (Å²) in [6.45, 7) is 12.7. The monoisotopic (exact) mass is 500 g/mol. The number of aryl methyl sites for hydroxylation is 4. The summed E-state index contributed by atoms with van der Waals surface area (Å²) >= 11 is 0. The van der Waals surface area contributed by atoms with E-state index in [1.165, 1.54) is 33.6 Å². The van der Waals surface area contributed by atoms with Crippen LogP contribution in [0.2, 0.25) is 0 Å². The van der Waals surface area contributed by atoms with Gasteiger partial charge >= 0.3 is 17.1 Å². The Morgan fingerprint density at radius 2 is 0.833 bits per heavy atom. The number of anilines is 2. The molecule has 0 saturated carbocycles. The van der Waals surface area contributed by atoms with Crippen LogP contribution in [0.4, 0.5) is 11.4 Å². The molecule has 1 radical (unpaired) electrons. The smallest absolute Gasteiger partial charge is 1.00 e. The molecule has 0 unspecified atom stereocenters. The van der Waals surface area contributed by atoms with Crippen LogP contribution >= 0.6 is 0 Å². The van der Waals surface area contributed by atoms with Crippen LogP contribution in [0, 0.1) is 0 Å². The molecule has 3 nitrogen and oxygen atoms in total. The normalized spacial score (nSPS) is 9.73. The van der Waals surface area contributed by atoms with Crippen LogP contribution in [0.5, 0.6) is 0 Å². The van der Waals surface area contributed by atoms with E-state index < -0.39 is 0 Å². The van der Waals surface area contributed by atoms with Gasteiger partial charge in [0.2, 0.25) is 0 Å². The molecule has 173 valence electrons. The van der Waals surface area contributed by atoms with E-state index in [2.05, 4.69) is 80.0 Å². The molecule has 0 aliphatic carbocycles. The Morgan fingerprint density at radius 1 is 0.533 bits per heavy atom. The maximum atomic E-state index is 3.65. The summed E-state index contributed by atoms with van der Waals surface area (Å²) in [5.74, 6) is 0. The molecule has 0 saturated heterocycles. The molecular formula is C24H37Cl2CuN3. The van der Waals surface area contributed by atoms with Gasteiger partial charge in [0.15, 0.2) is 0 Å². The summed E-state index contributed by atoms with van der Waals surface area (Å²) < 4.78 is 0. The van der Waals surface area contributed by atoms with Crippen molar-refractivity contribution in [1.82, 2.24) is 5.32 Å². The molecule has 6 heteroatoms. The van der Waals surface area contributed by atoms with E-state index >= 15 is 0 Å². The Balaban J connectivity index is 0. The van der Waals surface area contributed by atoms with E-state index in [1.807, 2.05) is 0 Å². The Kier molecular flexibility index (Phi) is 18.5. The van der Waals surface area contributed by atoms with Crippen LogP contribution in [0.25, 0.3) is 0 Å². The molecule has 3 N–H and O–H groups in total. The minimum absolute atomic E-state index is 0. The van der Waals surface area contributed by atoms with Crippen LogP contribution < -0.4 is 40.8 Å². The summed E-state index contributed by atoms with van der Waals surface area (Å²) in [5.41, 5.74) is 8.34. The van der Waals surface area contributed by atoms with Gasteiger partial charge in [-0.25, -0.2) is 0 Å². The second-order valence-corrected chi connectivity index (χ2v) is 6.92. The van der Waals surface area contributed by atoms with Crippen LogP contribution in [0.1, 0.15) is 49.9 Å². The molecule has 2 aromatic carbocycles. The fraction of sp³-hybridized carbons (Fsp3) is 0.500. The van der Waals surface area contributed by atoms with Crippen molar-refractivity contribution in [2.45, 2.75) is 53.4 Å². The van der Waals surface area contributed by atoms with Gasteiger partial charge < -0.3 is 40.8 Å². The maximum Gasteiger partial charge on any atom is 2.00 e. The quantitative estimate of drug-likeness (QED) is 0.259. The largest absolute Gasteiger partial charge is 2.00 e. The first kappa shape index (κ1) is 31.3. The molecule has 0 fully saturated rings. The molecule has 0 heterocycles. The second-order valence-electron chi connectivity index (χ2n) is 6.92. The van der Waals surface area contributed by atoms with Crippen molar-refractivity contribution in [1.29, 1.82) is 0 Å². The number of nitrogens with one attached hydrogen (secondary N) is 3. The average molecular weight is 502 g/mol. The molecule has 0 bridgehead atoms. The van der Waals surface area contributed by atoms with Gasteiger partial charge in [-0.1, -0.05) is 64.1 Å². The summed E-state index contributed by atoms with van der Waals surface area (Å²) in [7, 11) is 0. The zero-order chi connectivity index (χ0) is 19.5. The summed E-state index contributed by atoms with van der Waals surface area (Å²) in [4.78, 5) is 0. The third kappa shape index (κ3) is 9.08. The molecule has 0 amide bonds. The summed E-state index contributed by atoms with van der Waals surface area (Å²) in [6, 6.07) is 13.3. The first-order chi connectivity index (χ1) is 13.2. The third-order valence-electron chi connectivity index (χ3n) is 5.20. The molecular weight excluding hydrogens is 465 g/mol. The van der Waals surface area contributed by atoms with Crippen LogP contribution in [0.3, 0.4) is 0 Å². The van der Waals surface area contributed by atoms with E-state index in [-0.39, 0.29) is 41.9 Å². The first-order valence-electron chi connectivity index (χ1n) is 10.6. The fourth-order valence-corrected chi connectivity index (χ4v) is 3.62. The van der Waals surface area contributed by atoms with E-state index in [0.29, 0.717) is 0 Å². The first-order valence-corrected chi connectivity index (χ1v) is 10.6. The number of halogens is 2. The van der Waals surface area contributed by atoms with Crippen molar-refractivity contribution >= 4 is 11.4 Å². The van der Waals surface area contributed by atoms with E-state index in [1.54, 1.807) is 0 Å². The van der Waals surface area contributed by atoms with Gasteiger partial charge in [0.1, 0.15) is 0 Å². The summed E-state index contributed by atoms with van der Waals surface area (Å²) in [5, 5.41) is 10.8. The second kappa shape index (κ2) is 17.7. The zero-order valence-electron chi connectivity index (χ0n) is 18.7. The Morgan fingerprint density at radius 3 is 1.10 bits per heavy atom. The van der Waals surface area contributed by atoms with Crippen molar-refractivity contribution in [2.75, 3.05) is 36.8 Å². The van der Waals surface area contributed by atoms with E-state index in [9.17, 15) is 0 Å². The minimum Gasteiger partial charge on any atom is -1.00 e. The molecule has 0 aliphatic heterocycles. The zero-order valence-corrected chi connectivity index (χ0v) is 21.1. The third-order valence-corrected chi connectivity index (χ3v) is 5.20. The number of hydrogen-bond acceptors (Lipinski definition) is 3. The van der Waals surface area contributed by atoms with Crippen LogP contribution in [-0.2, 0) is 42.8 Å². The Hall–Kier alpha value is -0.901. The molecule has 2 aromatic rings. The molecule has 0 aromatic heterocycles. The predicted octanol–water partition coefficient (Wildman–Crippen LogP) is -0.945. The number of hydrogen-bond donors (Lipinski definition) is 3. The molecule has 30 heavy (non-hydrogen) atoms. The summed E-state index contributed by atoms with van der Waals surface area (Å²) in [6.07, 6.45) is 4.29. The van der Waals surface area contributed by atoms with Crippen molar-refractivity contribution in [3.63, 3.8) is 0 Å². The van der Waals surface area contributed by atoms with Gasteiger partial charge in [0, 0.05) is 37.6 Å². The van der Waals surface area contributed by atoms with Gasteiger partial charge in [-0.05, 0) is 47.9 Å². The van der Waals surface area contributed by atoms with Gasteiger partial charge in [-0.2, -0.15) is 0 Å². The van der Waals surface area contributed by atoms with E-state index in [4.69, 9.17) is 0 Å². The van der Waals surface area contributed by atoms with Crippen LogP contribution in [0.15, 0.2) is 36.4 Å². The van der Waals surface area contributed by atoms with Crippen LogP contribution in [-0.4, -0.2) is 26.2 Å². The molecule has 0 spiro atoms. The average Bonchev–Trinajstić information content (AvgIpc) is 2.72. The van der Waals surface area contributed by atoms with Gasteiger partial charge in [-0.3, -0.25) is 0 Å². The molecule has 2 rings (SSSR count). The SMILES string of the molecule is CCc1cccc(CC)c1NCCNCCNc1c(CC)cccc1CC.[Cl-].[Cl-].[Cu+2]. The predicted molar refractivity (Wildman–Crippen MR) is 120 cm³/mol. The standard InChI is InChI=1S/C24H37N3.2ClH.Cu/c1-5-19-11-9-12-20(6-2)23(19)26-17-15-25-16-18-27-24-21(7-3)13-10-14-22(24)8-4;;;/h9-14,25-27H,5-8,15-18H2,1-4H3;2*1H;/q;;;+2/p-2.